The molecule has 1 fully saturated rings. The lowest BCUT2D eigenvalue weighted by atomic mass is 10.1. The summed E-state index contributed by atoms with van der Waals surface area (Å²) in [5.41, 5.74) is -0.339. The van der Waals surface area contributed by atoms with Crippen LogP contribution >= 0.6 is 0 Å². The molecule has 3 aromatic heterocycles. The van der Waals surface area contributed by atoms with E-state index in [2.05, 4.69) is 9.88 Å². The number of H-pyrrole nitrogens is 1. The molecule has 0 aromatic carbocycles. The lowest BCUT2D eigenvalue weighted by molar-refractivity contribution is 0.192. The third-order valence-corrected chi connectivity index (χ3v) is 4.93. The SMILES string of the molecule is N#Cc1cc2c(=O)n(CC(c3ccco3)N3CCCC3)ccc2[nH]c1=O. The zero-order chi connectivity index (χ0) is 18.1. The van der Waals surface area contributed by atoms with E-state index in [-0.39, 0.29) is 17.2 Å². The highest BCUT2D eigenvalue weighted by Crippen LogP contribution is 2.26. The second kappa shape index (κ2) is 6.65. The minimum atomic E-state index is -0.484. The van der Waals surface area contributed by atoms with Crippen LogP contribution in [-0.2, 0) is 6.54 Å². The van der Waals surface area contributed by atoms with Crippen molar-refractivity contribution in [3.63, 3.8) is 0 Å². The van der Waals surface area contributed by atoms with Crippen molar-refractivity contribution in [3.05, 3.63) is 68.8 Å². The molecule has 0 spiro atoms. The molecule has 0 radical (unpaired) electrons. The Kier molecular flexibility index (Phi) is 4.19. The lowest BCUT2D eigenvalue weighted by Crippen LogP contribution is -2.32. The van der Waals surface area contributed by atoms with Crippen molar-refractivity contribution < 1.29 is 4.42 Å². The molecule has 1 aliphatic rings. The zero-order valence-electron chi connectivity index (χ0n) is 14.1. The van der Waals surface area contributed by atoms with Gasteiger partial charge in [0, 0.05) is 12.7 Å². The molecule has 1 aliphatic heterocycles. The molecule has 26 heavy (non-hydrogen) atoms. The van der Waals surface area contributed by atoms with E-state index in [1.807, 2.05) is 18.2 Å². The van der Waals surface area contributed by atoms with Crippen molar-refractivity contribution in [2.75, 3.05) is 13.1 Å². The molecule has 1 saturated heterocycles. The average molecular weight is 350 g/mol. The first-order chi connectivity index (χ1) is 12.7. The minimum absolute atomic E-state index is 0.0270. The van der Waals surface area contributed by atoms with Gasteiger partial charge in [0.15, 0.2) is 0 Å². The Morgan fingerprint density at radius 1 is 1.27 bits per heavy atom. The van der Waals surface area contributed by atoms with Crippen LogP contribution in [0.4, 0.5) is 0 Å². The van der Waals surface area contributed by atoms with E-state index in [9.17, 15) is 9.59 Å². The van der Waals surface area contributed by atoms with E-state index >= 15 is 0 Å². The molecule has 1 N–H and O–H groups in total. The molecule has 132 valence electrons. The van der Waals surface area contributed by atoms with Crippen molar-refractivity contribution in [1.29, 1.82) is 5.26 Å². The number of hydrogen-bond acceptors (Lipinski definition) is 5. The second-order valence-electron chi connectivity index (χ2n) is 6.50. The second-order valence-corrected chi connectivity index (χ2v) is 6.50. The molecule has 4 rings (SSSR count). The number of hydrogen-bond donors (Lipinski definition) is 1. The fraction of sp³-hybridized carbons (Fsp3) is 0.316. The van der Waals surface area contributed by atoms with Gasteiger partial charge in [-0.2, -0.15) is 5.26 Å². The molecule has 1 atom stereocenters. The van der Waals surface area contributed by atoms with Gasteiger partial charge in [-0.3, -0.25) is 14.5 Å². The Morgan fingerprint density at radius 2 is 2.08 bits per heavy atom. The minimum Gasteiger partial charge on any atom is -0.468 e. The molecular formula is C19H18N4O3. The molecular weight excluding hydrogens is 332 g/mol. The average Bonchev–Trinajstić information content (AvgIpc) is 3.35. The largest absolute Gasteiger partial charge is 0.468 e. The van der Waals surface area contributed by atoms with E-state index < -0.39 is 5.56 Å². The summed E-state index contributed by atoms with van der Waals surface area (Å²) in [6.07, 6.45) is 5.59. The number of nitriles is 1. The third-order valence-electron chi connectivity index (χ3n) is 4.93. The maximum absolute atomic E-state index is 12.9. The van der Waals surface area contributed by atoms with E-state index in [1.54, 1.807) is 23.1 Å². The lowest BCUT2D eigenvalue weighted by Gasteiger charge is -2.26. The molecule has 0 saturated carbocycles. The van der Waals surface area contributed by atoms with Crippen molar-refractivity contribution >= 4 is 10.9 Å². The van der Waals surface area contributed by atoms with Gasteiger partial charge in [0.05, 0.1) is 23.2 Å². The zero-order valence-corrected chi connectivity index (χ0v) is 14.1. The van der Waals surface area contributed by atoms with E-state index in [0.29, 0.717) is 17.4 Å². The Balaban J connectivity index is 1.77. The summed E-state index contributed by atoms with van der Waals surface area (Å²) in [5, 5.41) is 9.39. The molecule has 4 heterocycles. The van der Waals surface area contributed by atoms with Gasteiger partial charge >= 0.3 is 0 Å². The number of fused-ring (bicyclic) bond motifs is 1. The van der Waals surface area contributed by atoms with Gasteiger partial charge in [-0.15, -0.1) is 0 Å². The van der Waals surface area contributed by atoms with E-state index in [0.717, 1.165) is 31.7 Å². The third kappa shape index (κ3) is 2.85. The van der Waals surface area contributed by atoms with Crippen molar-refractivity contribution in [1.82, 2.24) is 14.5 Å². The summed E-state index contributed by atoms with van der Waals surface area (Å²) in [7, 11) is 0. The van der Waals surface area contributed by atoms with Crippen molar-refractivity contribution in [3.8, 4) is 6.07 Å². The quantitative estimate of drug-likeness (QED) is 0.776. The number of nitrogens with one attached hydrogen (secondary N) is 1. The number of nitrogens with zero attached hydrogens (tertiary/aromatic N) is 3. The first-order valence-electron chi connectivity index (χ1n) is 8.61. The summed E-state index contributed by atoms with van der Waals surface area (Å²) in [4.78, 5) is 29.6. The van der Waals surface area contributed by atoms with Crippen LogP contribution in [0.15, 0.2) is 50.7 Å². The van der Waals surface area contributed by atoms with Gasteiger partial charge in [-0.05, 0) is 50.2 Å². The van der Waals surface area contributed by atoms with Crippen LogP contribution in [0.1, 0.15) is 30.2 Å². The highest BCUT2D eigenvalue weighted by atomic mass is 16.3. The van der Waals surface area contributed by atoms with E-state index in [4.69, 9.17) is 9.68 Å². The van der Waals surface area contributed by atoms with Gasteiger partial charge in [0.2, 0.25) is 0 Å². The van der Waals surface area contributed by atoms with Crippen LogP contribution in [-0.4, -0.2) is 27.5 Å². The fourth-order valence-electron chi connectivity index (χ4n) is 3.57. The number of likely N-dealkylation sites (tertiary alicyclic amines) is 1. The number of aromatic nitrogens is 2. The molecule has 0 aliphatic carbocycles. The Hall–Kier alpha value is -3.11. The van der Waals surface area contributed by atoms with Gasteiger partial charge in [0.25, 0.3) is 11.1 Å². The molecule has 7 heteroatoms. The highest BCUT2D eigenvalue weighted by Gasteiger charge is 2.26. The highest BCUT2D eigenvalue weighted by molar-refractivity contribution is 5.78. The Bertz CT molecular complexity index is 1080. The van der Waals surface area contributed by atoms with Gasteiger partial charge < -0.3 is 14.0 Å². The fourth-order valence-corrected chi connectivity index (χ4v) is 3.57. The van der Waals surface area contributed by atoms with Crippen LogP contribution in [0.2, 0.25) is 0 Å². The van der Waals surface area contributed by atoms with Crippen LogP contribution in [0.3, 0.4) is 0 Å². The summed E-state index contributed by atoms with van der Waals surface area (Å²) < 4.78 is 7.23. The maximum atomic E-state index is 12.9. The number of pyridine rings is 2. The van der Waals surface area contributed by atoms with Crippen molar-refractivity contribution in [2.45, 2.75) is 25.4 Å². The molecule has 7 nitrogen and oxygen atoms in total. The summed E-state index contributed by atoms with van der Waals surface area (Å²) in [5.74, 6) is 0.832. The van der Waals surface area contributed by atoms with E-state index in [1.165, 1.54) is 6.07 Å². The molecule has 0 bridgehead atoms. The summed E-state index contributed by atoms with van der Waals surface area (Å²) in [6.45, 7) is 2.39. The molecule has 1 unspecified atom stereocenters. The van der Waals surface area contributed by atoms with Crippen LogP contribution in [0.25, 0.3) is 10.9 Å². The number of aromatic amines is 1. The van der Waals surface area contributed by atoms with Gasteiger partial charge in [-0.25, -0.2) is 0 Å². The monoisotopic (exact) mass is 350 g/mol. The van der Waals surface area contributed by atoms with Crippen molar-refractivity contribution in [2.24, 2.45) is 0 Å². The first-order valence-corrected chi connectivity index (χ1v) is 8.61. The smallest absolute Gasteiger partial charge is 0.266 e. The maximum Gasteiger partial charge on any atom is 0.266 e. The molecule has 3 aromatic rings. The standard InChI is InChI=1S/C19H18N4O3/c20-11-13-10-14-15(21-18(13)24)5-8-23(19(14)25)12-16(17-4-3-9-26-17)22-6-1-2-7-22/h3-5,8-10,16H,1-2,6-7,12H2,(H,21,24). The van der Waals surface area contributed by atoms with Crippen LogP contribution in [0, 0.1) is 11.3 Å². The van der Waals surface area contributed by atoms with Crippen LogP contribution < -0.4 is 11.1 Å². The predicted octanol–water partition coefficient (Wildman–Crippen LogP) is 1.99. The first kappa shape index (κ1) is 16.4. The van der Waals surface area contributed by atoms with Gasteiger partial charge in [0.1, 0.15) is 17.4 Å². The molecule has 0 amide bonds. The Morgan fingerprint density at radius 3 is 2.77 bits per heavy atom. The Labute approximate surface area is 149 Å². The summed E-state index contributed by atoms with van der Waals surface area (Å²) in [6, 6.07) is 8.65. The topological polar surface area (TPSA) is 95.0 Å². The van der Waals surface area contributed by atoms with Gasteiger partial charge in [-0.1, -0.05) is 0 Å². The number of furan rings is 1. The number of rotatable bonds is 4. The summed E-state index contributed by atoms with van der Waals surface area (Å²) >= 11 is 0. The normalized spacial score (nSPS) is 16.0. The predicted molar refractivity (Wildman–Crippen MR) is 95.8 cm³/mol. The van der Waals surface area contributed by atoms with Crippen LogP contribution in [0.5, 0.6) is 0 Å².